The largest absolute Gasteiger partial charge is 0.417 e. The number of alkyl halides is 3. The number of thioether (sulfide) groups is 1. The number of nitrogen functional groups attached to an aromatic ring is 1. The number of anilines is 2. The van der Waals surface area contributed by atoms with Crippen LogP contribution in [0.1, 0.15) is 22.2 Å². The fraction of sp³-hybridized carbons (Fsp3) is 0.222. The number of rotatable bonds is 4. The molecule has 0 aliphatic heterocycles. The summed E-state index contributed by atoms with van der Waals surface area (Å²) in [6.45, 7) is 1.99. The first kappa shape index (κ1) is 19.5. The second-order valence-corrected chi connectivity index (χ2v) is 8.01. The van der Waals surface area contributed by atoms with Gasteiger partial charge in [-0.1, -0.05) is 25.1 Å². The average molecular weight is 411 g/mol. The van der Waals surface area contributed by atoms with Gasteiger partial charge in [-0.25, -0.2) is 4.98 Å². The Morgan fingerprint density at radius 3 is 2.67 bits per heavy atom. The summed E-state index contributed by atoms with van der Waals surface area (Å²) in [7, 11) is 1.46. The third kappa shape index (κ3) is 3.74. The Balaban J connectivity index is 2.01. The number of fused-ring (bicyclic) bond motifs is 1. The van der Waals surface area contributed by atoms with Crippen molar-refractivity contribution in [2.24, 2.45) is 0 Å². The monoisotopic (exact) mass is 411 g/mol. The lowest BCUT2D eigenvalue weighted by molar-refractivity contribution is -0.137. The number of aromatic nitrogens is 1. The molecule has 0 fully saturated rings. The maximum absolute atomic E-state index is 13.0. The number of thiophene rings is 1. The average Bonchev–Trinajstić information content (AvgIpc) is 2.99. The zero-order valence-electron chi connectivity index (χ0n) is 14.5. The topological polar surface area (TPSA) is 59.2 Å². The number of halogens is 3. The molecule has 4 nitrogen and oxygen atoms in total. The van der Waals surface area contributed by atoms with Crippen LogP contribution in [0.3, 0.4) is 0 Å². The molecule has 2 N–H and O–H groups in total. The van der Waals surface area contributed by atoms with Crippen molar-refractivity contribution >= 4 is 50.6 Å². The predicted molar refractivity (Wildman–Crippen MR) is 105 cm³/mol. The Hall–Kier alpha value is -2.26. The molecule has 3 rings (SSSR count). The van der Waals surface area contributed by atoms with Gasteiger partial charge in [0.2, 0.25) is 0 Å². The maximum atomic E-state index is 13.0. The van der Waals surface area contributed by atoms with Crippen molar-refractivity contribution in [1.82, 2.24) is 4.98 Å². The van der Waals surface area contributed by atoms with Crippen LogP contribution in [0.4, 0.5) is 24.7 Å². The first-order chi connectivity index (χ1) is 12.7. The third-order valence-corrected chi connectivity index (χ3v) is 6.17. The molecule has 27 heavy (non-hydrogen) atoms. The molecule has 0 bridgehead atoms. The number of benzene rings is 1. The minimum absolute atomic E-state index is 0.00194. The van der Waals surface area contributed by atoms with Crippen LogP contribution in [-0.4, -0.2) is 23.7 Å². The van der Waals surface area contributed by atoms with E-state index in [-0.39, 0.29) is 17.4 Å². The highest BCUT2D eigenvalue weighted by atomic mass is 32.2. The Morgan fingerprint density at radius 2 is 2.04 bits per heavy atom. The van der Waals surface area contributed by atoms with E-state index in [0.717, 1.165) is 26.8 Å². The molecule has 0 unspecified atom stereocenters. The molecule has 1 aromatic carbocycles. The SMILES string of the molecule is CCSc1c(C(=O)N(C)c2ncc(C(F)(F)F)cc2N)sc2ccccc12. The van der Waals surface area contributed by atoms with Gasteiger partial charge in [0.25, 0.3) is 5.91 Å². The van der Waals surface area contributed by atoms with Crippen LogP contribution in [0.5, 0.6) is 0 Å². The second kappa shape index (κ2) is 7.40. The van der Waals surface area contributed by atoms with Crippen LogP contribution >= 0.6 is 23.1 Å². The summed E-state index contributed by atoms with van der Waals surface area (Å²) in [6.07, 6.45) is -3.86. The lowest BCUT2D eigenvalue weighted by Gasteiger charge is -2.19. The van der Waals surface area contributed by atoms with Crippen LogP contribution in [-0.2, 0) is 6.18 Å². The zero-order chi connectivity index (χ0) is 19.8. The summed E-state index contributed by atoms with van der Waals surface area (Å²) in [4.78, 5) is 19.4. The first-order valence-electron chi connectivity index (χ1n) is 7.99. The van der Waals surface area contributed by atoms with E-state index in [2.05, 4.69) is 4.98 Å². The Kier molecular flexibility index (Phi) is 5.34. The van der Waals surface area contributed by atoms with E-state index in [4.69, 9.17) is 5.73 Å². The number of hydrogen-bond donors (Lipinski definition) is 1. The van der Waals surface area contributed by atoms with Gasteiger partial charge in [0, 0.05) is 28.2 Å². The van der Waals surface area contributed by atoms with Gasteiger partial charge in [-0.3, -0.25) is 9.69 Å². The standard InChI is InChI=1S/C18H16F3N3OS2/c1-3-26-14-11-6-4-5-7-13(11)27-15(14)17(25)24(2)16-12(22)8-10(9-23-16)18(19,20)21/h4-9H,3,22H2,1-2H3. The van der Waals surface area contributed by atoms with Crippen molar-refractivity contribution in [2.75, 3.05) is 23.4 Å². The summed E-state index contributed by atoms with van der Waals surface area (Å²) < 4.78 is 39.4. The van der Waals surface area contributed by atoms with Gasteiger partial charge in [0.05, 0.1) is 11.3 Å². The van der Waals surface area contributed by atoms with E-state index in [1.807, 2.05) is 31.2 Å². The highest BCUT2D eigenvalue weighted by Gasteiger charge is 2.32. The van der Waals surface area contributed by atoms with Gasteiger partial charge in [0.1, 0.15) is 4.88 Å². The quantitative estimate of drug-likeness (QED) is 0.593. The lowest BCUT2D eigenvalue weighted by Crippen LogP contribution is -2.28. The van der Waals surface area contributed by atoms with Gasteiger partial charge in [0.15, 0.2) is 5.82 Å². The Morgan fingerprint density at radius 1 is 1.33 bits per heavy atom. The minimum atomic E-state index is -4.54. The molecule has 142 valence electrons. The van der Waals surface area contributed by atoms with Crippen LogP contribution < -0.4 is 10.6 Å². The summed E-state index contributed by atoms with van der Waals surface area (Å²) in [6, 6.07) is 8.47. The second-order valence-electron chi connectivity index (χ2n) is 5.69. The molecule has 0 radical (unpaired) electrons. The number of carbonyl (C=O) groups excluding carboxylic acids is 1. The number of amides is 1. The van der Waals surface area contributed by atoms with Crippen molar-refractivity contribution in [1.29, 1.82) is 0 Å². The van der Waals surface area contributed by atoms with E-state index in [1.165, 1.54) is 23.3 Å². The molecule has 1 amide bonds. The summed E-state index contributed by atoms with van der Waals surface area (Å²) >= 11 is 2.90. The molecule has 0 atom stereocenters. The van der Waals surface area contributed by atoms with Gasteiger partial charge in [-0.15, -0.1) is 23.1 Å². The molecule has 2 heterocycles. The smallest absolute Gasteiger partial charge is 0.396 e. The van der Waals surface area contributed by atoms with Crippen LogP contribution in [0.2, 0.25) is 0 Å². The minimum Gasteiger partial charge on any atom is -0.396 e. The zero-order valence-corrected chi connectivity index (χ0v) is 16.1. The molecular formula is C18H16F3N3OS2. The molecule has 0 spiro atoms. The number of carbonyl (C=O) groups is 1. The third-order valence-electron chi connectivity index (χ3n) is 3.88. The van der Waals surface area contributed by atoms with Gasteiger partial charge in [-0.2, -0.15) is 13.2 Å². The number of hydrogen-bond acceptors (Lipinski definition) is 5. The van der Waals surface area contributed by atoms with Gasteiger partial charge >= 0.3 is 6.18 Å². The maximum Gasteiger partial charge on any atom is 0.417 e. The summed E-state index contributed by atoms with van der Waals surface area (Å²) in [5.41, 5.74) is 4.60. The van der Waals surface area contributed by atoms with Crippen molar-refractivity contribution in [3.8, 4) is 0 Å². The molecule has 0 aliphatic rings. The normalized spacial score (nSPS) is 11.7. The number of pyridine rings is 1. The number of nitrogens with zero attached hydrogens (tertiary/aromatic N) is 2. The molecule has 0 aliphatic carbocycles. The lowest BCUT2D eigenvalue weighted by atomic mass is 10.2. The van der Waals surface area contributed by atoms with Crippen LogP contribution in [0.25, 0.3) is 10.1 Å². The Bertz CT molecular complexity index is 1000. The van der Waals surface area contributed by atoms with Crippen molar-refractivity contribution in [2.45, 2.75) is 18.0 Å². The molecule has 9 heteroatoms. The van der Waals surface area contributed by atoms with Crippen LogP contribution in [0, 0.1) is 0 Å². The van der Waals surface area contributed by atoms with E-state index >= 15 is 0 Å². The molecule has 0 saturated heterocycles. The van der Waals surface area contributed by atoms with Crippen LogP contribution in [0.15, 0.2) is 41.4 Å². The van der Waals surface area contributed by atoms with E-state index in [0.29, 0.717) is 11.1 Å². The van der Waals surface area contributed by atoms with E-state index in [9.17, 15) is 18.0 Å². The molecule has 0 saturated carbocycles. The fourth-order valence-corrected chi connectivity index (χ4v) is 4.89. The summed E-state index contributed by atoms with van der Waals surface area (Å²) in [5, 5.41) is 0.986. The first-order valence-corrected chi connectivity index (χ1v) is 9.79. The number of nitrogens with two attached hydrogens (primary N) is 1. The van der Waals surface area contributed by atoms with Gasteiger partial charge < -0.3 is 5.73 Å². The van der Waals surface area contributed by atoms with E-state index < -0.39 is 11.7 Å². The van der Waals surface area contributed by atoms with Crippen molar-refractivity contribution in [3.05, 3.63) is 47.0 Å². The highest BCUT2D eigenvalue weighted by molar-refractivity contribution is 7.99. The molecular weight excluding hydrogens is 395 g/mol. The molecule has 2 aromatic heterocycles. The predicted octanol–water partition coefficient (Wildman–Crippen LogP) is 5.29. The van der Waals surface area contributed by atoms with E-state index in [1.54, 1.807) is 11.8 Å². The fourth-order valence-electron chi connectivity index (χ4n) is 2.61. The van der Waals surface area contributed by atoms with Gasteiger partial charge in [-0.05, 0) is 17.9 Å². The molecule has 3 aromatic rings. The highest BCUT2D eigenvalue weighted by Crippen LogP contribution is 2.39. The summed E-state index contributed by atoms with van der Waals surface area (Å²) in [5.74, 6) is 0.426. The van der Waals surface area contributed by atoms with Crippen molar-refractivity contribution in [3.63, 3.8) is 0 Å². The Labute approximate surface area is 162 Å². The van der Waals surface area contributed by atoms with Crippen molar-refractivity contribution < 1.29 is 18.0 Å².